The van der Waals surface area contributed by atoms with E-state index in [1.807, 2.05) is 43.3 Å². The maximum atomic E-state index is 11.7. The molecule has 1 heterocycles. The van der Waals surface area contributed by atoms with Gasteiger partial charge in [-0.15, -0.1) is 0 Å². The van der Waals surface area contributed by atoms with Crippen LogP contribution < -0.4 is 5.63 Å². The molecule has 0 amide bonds. The fourth-order valence-electron chi connectivity index (χ4n) is 2.06. The molecule has 0 unspecified atom stereocenters. The summed E-state index contributed by atoms with van der Waals surface area (Å²) in [4.78, 5) is 11.7. The molecule has 0 saturated heterocycles. The van der Waals surface area contributed by atoms with Gasteiger partial charge < -0.3 is 4.42 Å². The van der Waals surface area contributed by atoms with Crippen LogP contribution in [-0.2, 0) is 0 Å². The van der Waals surface area contributed by atoms with Gasteiger partial charge in [0.25, 0.3) is 0 Å². The van der Waals surface area contributed by atoms with Crippen LogP contribution >= 0.6 is 15.9 Å². The second-order valence-corrected chi connectivity index (χ2v) is 4.78. The van der Waals surface area contributed by atoms with Crippen LogP contribution in [0.25, 0.3) is 21.7 Å². The van der Waals surface area contributed by atoms with Crippen molar-refractivity contribution in [3.05, 3.63) is 56.9 Å². The van der Waals surface area contributed by atoms with Gasteiger partial charge in [0.2, 0.25) is 0 Å². The van der Waals surface area contributed by atoms with E-state index >= 15 is 0 Å². The second-order valence-electron chi connectivity index (χ2n) is 3.99. The minimum absolute atomic E-state index is 0.327. The summed E-state index contributed by atoms with van der Waals surface area (Å²) in [5.41, 5.74) is 1.25. The molecule has 2 aromatic carbocycles. The van der Waals surface area contributed by atoms with Crippen molar-refractivity contribution in [3.8, 4) is 0 Å². The van der Waals surface area contributed by atoms with Gasteiger partial charge in [0.05, 0.1) is 0 Å². The molecule has 0 radical (unpaired) electrons. The zero-order valence-corrected chi connectivity index (χ0v) is 10.7. The van der Waals surface area contributed by atoms with Crippen LogP contribution in [0.1, 0.15) is 5.56 Å². The molecule has 3 rings (SSSR count). The Morgan fingerprint density at radius 2 is 1.82 bits per heavy atom. The van der Waals surface area contributed by atoms with E-state index in [2.05, 4.69) is 15.9 Å². The predicted octanol–water partition coefficient (Wildman–Crippen LogP) is 4.02. The van der Waals surface area contributed by atoms with Crippen LogP contribution in [0.5, 0.6) is 0 Å². The Labute approximate surface area is 106 Å². The van der Waals surface area contributed by atoms with Crippen LogP contribution in [-0.4, -0.2) is 0 Å². The summed E-state index contributed by atoms with van der Waals surface area (Å²) in [5.74, 6) is 0. The molecule has 1 aromatic heterocycles. The van der Waals surface area contributed by atoms with Gasteiger partial charge in [-0.1, -0.05) is 36.4 Å². The number of hydrogen-bond donors (Lipinski definition) is 0. The van der Waals surface area contributed by atoms with Crippen molar-refractivity contribution in [1.29, 1.82) is 0 Å². The lowest BCUT2D eigenvalue weighted by Crippen LogP contribution is -2.02. The highest BCUT2D eigenvalue weighted by molar-refractivity contribution is 9.10. The van der Waals surface area contributed by atoms with Gasteiger partial charge in [0, 0.05) is 10.8 Å². The van der Waals surface area contributed by atoms with Gasteiger partial charge in [-0.05, 0) is 33.8 Å². The Hall–Kier alpha value is -1.61. The second kappa shape index (κ2) is 3.70. The van der Waals surface area contributed by atoms with E-state index < -0.39 is 0 Å². The minimum atomic E-state index is -0.327. The van der Waals surface area contributed by atoms with Crippen LogP contribution in [0.3, 0.4) is 0 Å². The third-order valence-corrected chi connectivity index (χ3v) is 3.91. The summed E-state index contributed by atoms with van der Waals surface area (Å²) in [5, 5.41) is 3.01. The highest BCUT2D eigenvalue weighted by Gasteiger charge is 2.10. The van der Waals surface area contributed by atoms with E-state index in [0.29, 0.717) is 10.1 Å². The maximum Gasteiger partial charge on any atom is 0.350 e. The van der Waals surface area contributed by atoms with Crippen molar-refractivity contribution >= 4 is 37.7 Å². The lowest BCUT2D eigenvalue weighted by Gasteiger charge is -2.05. The number of hydrogen-bond acceptors (Lipinski definition) is 2. The lowest BCUT2D eigenvalue weighted by atomic mass is 10.0. The highest BCUT2D eigenvalue weighted by Crippen LogP contribution is 2.28. The molecule has 0 saturated carbocycles. The number of rotatable bonds is 0. The normalized spacial score (nSPS) is 11.2. The number of halogens is 1. The predicted molar refractivity (Wildman–Crippen MR) is 72.4 cm³/mol. The summed E-state index contributed by atoms with van der Waals surface area (Å²) in [6, 6.07) is 11.9. The fourth-order valence-corrected chi connectivity index (χ4v) is 2.35. The molecule has 84 valence electrons. The monoisotopic (exact) mass is 288 g/mol. The Balaban J connectivity index is 2.64. The van der Waals surface area contributed by atoms with Gasteiger partial charge in [0.1, 0.15) is 10.1 Å². The number of fused-ring (bicyclic) bond motifs is 3. The van der Waals surface area contributed by atoms with E-state index in [1.54, 1.807) is 0 Å². The van der Waals surface area contributed by atoms with Crippen LogP contribution in [0, 0.1) is 6.92 Å². The molecule has 0 aliphatic carbocycles. The first kappa shape index (κ1) is 10.5. The summed E-state index contributed by atoms with van der Waals surface area (Å²) in [6.07, 6.45) is 0. The molecular formula is C14H9BrO2. The van der Waals surface area contributed by atoms with Crippen molar-refractivity contribution in [2.24, 2.45) is 0 Å². The van der Waals surface area contributed by atoms with Crippen LogP contribution in [0.15, 0.2) is 50.1 Å². The molecule has 0 atom stereocenters. The average molecular weight is 289 g/mol. The quantitative estimate of drug-likeness (QED) is 0.462. The molecule has 0 aliphatic heterocycles. The first-order chi connectivity index (χ1) is 8.18. The third kappa shape index (κ3) is 1.50. The Morgan fingerprint density at radius 3 is 2.65 bits per heavy atom. The SMILES string of the molecule is Cc1c(Br)c(=O)oc2c1ccc1ccccc12. The smallest absolute Gasteiger partial charge is 0.350 e. The van der Waals surface area contributed by atoms with Gasteiger partial charge >= 0.3 is 5.63 Å². The average Bonchev–Trinajstić information content (AvgIpc) is 2.36. The standard InChI is InChI=1S/C14H9BrO2/c1-8-10-7-6-9-4-2-3-5-11(9)13(10)17-14(16)12(8)15/h2-7H,1H3. The molecule has 3 heteroatoms. The molecule has 0 bridgehead atoms. The Kier molecular flexibility index (Phi) is 2.30. The zero-order valence-electron chi connectivity index (χ0n) is 9.16. The zero-order chi connectivity index (χ0) is 12.0. The van der Waals surface area contributed by atoms with Crippen molar-refractivity contribution in [2.75, 3.05) is 0 Å². The molecule has 3 aromatic rings. The molecule has 0 N–H and O–H groups in total. The van der Waals surface area contributed by atoms with E-state index in [-0.39, 0.29) is 5.63 Å². The van der Waals surface area contributed by atoms with E-state index in [0.717, 1.165) is 21.7 Å². The summed E-state index contributed by atoms with van der Waals surface area (Å²) in [7, 11) is 0. The molecule has 17 heavy (non-hydrogen) atoms. The van der Waals surface area contributed by atoms with Crippen molar-refractivity contribution in [1.82, 2.24) is 0 Å². The Bertz CT molecular complexity index is 787. The van der Waals surface area contributed by atoms with E-state index in [1.165, 1.54) is 0 Å². The van der Waals surface area contributed by atoms with Crippen LogP contribution in [0.2, 0.25) is 0 Å². The maximum absolute atomic E-state index is 11.7. The first-order valence-electron chi connectivity index (χ1n) is 5.29. The van der Waals surface area contributed by atoms with Crippen molar-refractivity contribution in [2.45, 2.75) is 6.92 Å². The van der Waals surface area contributed by atoms with Crippen molar-refractivity contribution < 1.29 is 4.42 Å². The van der Waals surface area contributed by atoms with Crippen LogP contribution in [0.4, 0.5) is 0 Å². The largest absolute Gasteiger partial charge is 0.421 e. The van der Waals surface area contributed by atoms with Gasteiger partial charge in [-0.2, -0.15) is 0 Å². The lowest BCUT2D eigenvalue weighted by molar-refractivity contribution is 0.558. The summed E-state index contributed by atoms with van der Waals surface area (Å²) in [6.45, 7) is 1.91. The van der Waals surface area contributed by atoms with Gasteiger partial charge in [-0.25, -0.2) is 4.79 Å². The molecule has 2 nitrogen and oxygen atoms in total. The minimum Gasteiger partial charge on any atom is -0.421 e. The number of benzene rings is 2. The van der Waals surface area contributed by atoms with Crippen molar-refractivity contribution in [3.63, 3.8) is 0 Å². The number of aryl methyl sites for hydroxylation is 1. The fraction of sp³-hybridized carbons (Fsp3) is 0.0714. The summed E-state index contributed by atoms with van der Waals surface area (Å²) < 4.78 is 5.88. The molecule has 0 fully saturated rings. The summed E-state index contributed by atoms with van der Waals surface area (Å²) >= 11 is 3.26. The third-order valence-electron chi connectivity index (χ3n) is 2.99. The van der Waals surface area contributed by atoms with Gasteiger partial charge in [-0.3, -0.25) is 0 Å². The van der Waals surface area contributed by atoms with E-state index in [9.17, 15) is 4.79 Å². The van der Waals surface area contributed by atoms with Gasteiger partial charge in [0.15, 0.2) is 0 Å². The molecule has 0 spiro atoms. The van der Waals surface area contributed by atoms with E-state index in [4.69, 9.17) is 4.42 Å². The topological polar surface area (TPSA) is 30.2 Å². The molecular weight excluding hydrogens is 280 g/mol. The Morgan fingerprint density at radius 1 is 1.06 bits per heavy atom. The highest BCUT2D eigenvalue weighted by atomic mass is 79.9. The first-order valence-corrected chi connectivity index (χ1v) is 6.08. The molecule has 0 aliphatic rings.